The van der Waals surface area contributed by atoms with Crippen molar-refractivity contribution >= 4 is 11.6 Å². The quantitative estimate of drug-likeness (QED) is 0.837. The molecule has 0 radical (unpaired) electrons. The molecule has 2 rings (SSSR count). The average Bonchev–Trinajstić information content (AvgIpc) is 2.43. The lowest BCUT2D eigenvalue weighted by atomic mass is 10.0. The van der Waals surface area contributed by atoms with Gasteiger partial charge in [0.25, 0.3) is 0 Å². The van der Waals surface area contributed by atoms with Crippen LogP contribution in [0.2, 0.25) is 5.02 Å². The van der Waals surface area contributed by atoms with Gasteiger partial charge in [0.05, 0.1) is 6.10 Å². The van der Waals surface area contributed by atoms with E-state index in [9.17, 15) is 5.11 Å². The van der Waals surface area contributed by atoms with E-state index in [2.05, 4.69) is 12.1 Å². The van der Waals surface area contributed by atoms with Crippen molar-refractivity contribution in [1.29, 1.82) is 0 Å². The van der Waals surface area contributed by atoms with E-state index in [0.29, 0.717) is 0 Å². The second kappa shape index (κ2) is 6.74. The number of hydrogen-bond acceptors (Lipinski definition) is 1. The largest absolute Gasteiger partial charge is 0.388 e. The predicted octanol–water partition coefficient (Wildman–Crippen LogP) is 4.70. The van der Waals surface area contributed by atoms with Gasteiger partial charge in [-0.05, 0) is 48.9 Å². The SMILES string of the molecule is Cc1ccc(C(O)CCCc2ccccc2)cc1Cl. The second-order valence-electron chi connectivity index (χ2n) is 4.90. The number of aliphatic hydroxyl groups excluding tert-OH is 1. The molecule has 0 saturated carbocycles. The Kier molecular flexibility index (Phi) is 5.00. The molecule has 0 aromatic heterocycles. The first-order chi connectivity index (χ1) is 9.16. The molecule has 0 bridgehead atoms. The summed E-state index contributed by atoms with van der Waals surface area (Å²) in [6.45, 7) is 1.97. The van der Waals surface area contributed by atoms with Gasteiger partial charge in [0.15, 0.2) is 0 Å². The van der Waals surface area contributed by atoms with Crippen LogP contribution in [-0.2, 0) is 6.42 Å². The van der Waals surface area contributed by atoms with Gasteiger partial charge in [-0.1, -0.05) is 54.1 Å². The molecule has 1 N–H and O–H groups in total. The number of rotatable bonds is 5. The van der Waals surface area contributed by atoms with E-state index < -0.39 is 6.10 Å². The molecule has 1 atom stereocenters. The lowest BCUT2D eigenvalue weighted by Crippen LogP contribution is -1.99. The Bertz CT molecular complexity index is 522. The fourth-order valence-corrected chi connectivity index (χ4v) is 2.32. The first kappa shape index (κ1) is 14.1. The minimum Gasteiger partial charge on any atom is -0.388 e. The normalized spacial score (nSPS) is 12.4. The zero-order valence-electron chi connectivity index (χ0n) is 11.1. The zero-order valence-corrected chi connectivity index (χ0v) is 11.9. The number of halogens is 1. The molecule has 2 aromatic rings. The maximum atomic E-state index is 10.2. The summed E-state index contributed by atoms with van der Waals surface area (Å²) in [5, 5.41) is 10.9. The van der Waals surface area contributed by atoms with Gasteiger partial charge < -0.3 is 5.11 Å². The monoisotopic (exact) mass is 274 g/mol. The van der Waals surface area contributed by atoms with Crippen LogP contribution in [-0.4, -0.2) is 5.11 Å². The highest BCUT2D eigenvalue weighted by Gasteiger charge is 2.08. The smallest absolute Gasteiger partial charge is 0.0790 e. The first-order valence-corrected chi connectivity index (χ1v) is 7.02. The van der Waals surface area contributed by atoms with Crippen LogP contribution in [0.5, 0.6) is 0 Å². The van der Waals surface area contributed by atoms with Crippen molar-refractivity contribution in [2.75, 3.05) is 0 Å². The molecule has 2 aromatic carbocycles. The molecule has 0 amide bonds. The molecule has 1 nitrogen and oxygen atoms in total. The molecule has 0 aliphatic rings. The van der Waals surface area contributed by atoms with Crippen molar-refractivity contribution < 1.29 is 5.11 Å². The van der Waals surface area contributed by atoms with E-state index in [1.165, 1.54) is 5.56 Å². The Morgan fingerprint density at radius 1 is 1.11 bits per heavy atom. The number of hydrogen-bond donors (Lipinski definition) is 1. The highest BCUT2D eigenvalue weighted by molar-refractivity contribution is 6.31. The van der Waals surface area contributed by atoms with E-state index in [-0.39, 0.29) is 0 Å². The Morgan fingerprint density at radius 3 is 2.53 bits per heavy atom. The van der Waals surface area contributed by atoms with Crippen LogP contribution >= 0.6 is 11.6 Å². The van der Waals surface area contributed by atoms with E-state index in [4.69, 9.17) is 11.6 Å². The summed E-state index contributed by atoms with van der Waals surface area (Å²) >= 11 is 6.08. The Labute approximate surface area is 119 Å². The van der Waals surface area contributed by atoms with Gasteiger partial charge in [-0.25, -0.2) is 0 Å². The predicted molar refractivity (Wildman–Crippen MR) is 80.5 cm³/mol. The van der Waals surface area contributed by atoms with Crippen LogP contribution in [0.25, 0.3) is 0 Å². The fraction of sp³-hybridized carbons (Fsp3) is 0.294. The maximum Gasteiger partial charge on any atom is 0.0790 e. The summed E-state index contributed by atoms with van der Waals surface area (Å²) in [5.41, 5.74) is 3.27. The van der Waals surface area contributed by atoms with E-state index in [1.54, 1.807) is 0 Å². The maximum absolute atomic E-state index is 10.2. The van der Waals surface area contributed by atoms with Gasteiger partial charge in [0.2, 0.25) is 0 Å². The summed E-state index contributed by atoms with van der Waals surface area (Å²) in [4.78, 5) is 0. The lowest BCUT2D eigenvalue weighted by Gasteiger charge is -2.12. The molecular weight excluding hydrogens is 256 g/mol. The second-order valence-corrected chi connectivity index (χ2v) is 5.31. The molecule has 0 aliphatic carbocycles. The Morgan fingerprint density at radius 2 is 1.84 bits per heavy atom. The van der Waals surface area contributed by atoms with E-state index >= 15 is 0 Å². The summed E-state index contributed by atoms with van der Waals surface area (Å²) in [7, 11) is 0. The van der Waals surface area contributed by atoms with Crippen molar-refractivity contribution in [2.45, 2.75) is 32.3 Å². The molecule has 2 heteroatoms. The lowest BCUT2D eigenvalue weighted by molar-refractivity contribution is 0.164. The van der Waals surface area contributed by atoms with Crippen LogP contribution in [0.3, 0.4) is 0 Å². The van der Waals surface area contributed by atoms with Crippen molar-refractivity contribution in [3.8, 4) is 0 Å². The molecule has 0 aliphatic heterocycles. The number of aryl methyl sites for hydroxylation is 2. The van der Waals surface area contributed by atoms with E-state index in [1.807, 2.05) is 43.3 Å². The molecule has 0 spiro atoms. The molecule has 0 fully saturated rings. The topological polar surface area (TPSA) is 20.2 Å². The van der Waals surface area contributed by atoms with Crippen molar-refractivity contribution in [3.05, 3.63) is 70.2 Å². The molecule has 19 heavy (non-hydrogen) atoms. The first-order valence-electron chi connectivity index (χ1n) is 6.65. The fourth-order valence-electron chi connectivity index (χ4n) is 2.13. The molecular formula is C17H19ClO. The zero-order chi connectivity index (χ0) is 13.7. The Hall–Kier alpha value is -1.31. The van der Waals surface area contributed by atoms with Crippen molar-refractivity contribution in [3.63, 3.8) is 0 Å². The van der Waals surface area contributed by atoms with Gasteiger partial charge in [-0.3, -0.25) is 0 Å². The van der Waals surface area contributed by atoms with Gasteiger partial charge in [-0.2, -0.15) is 0 Å². The minimum absolute atomic E-state index is 0.429. The van der Waals surface area contributed by atoms with Crippen molar-refractivity contribution in [2.24, 2.45) is 0 Å². The van der Waals surface area contributed by atoms with E-state index in [0.717, 1.165) is 35.4 Å². The van der Waals surface area contributed by atoms with Gasteiger partial charge in [0, 0.05) is 5.02 Å². The molecule has 0 saturated heterocycles. The van der Waals surface area contributed by atoms with Gasteiger partial charge in [0.1, 0.15) is 0 Å². The minimum atomic E-state index is -0.429. The Balaban J connectivity index is 1.87. The van der Waals surface area contributed by atoms with Crippen molar-refractivity contribution in [1.82, 2.24) is 0 Å². The van der Waals surface area contributed by atoms with Crippen LogP contribution in [0.4, 0.5) is 0 Å². The summed E-state index contributed by atoms with van der Waals surface area (Å²) in [5.74, 6) is 0. The standard InChI is InChI=1S/C17H19ClO/c1-13-10-11-15(12-16(13)18)17(19)9-5-8-14-6-3-2-4-7-14/h2-4,6-7,10-12,17,19H,5,8-9H2,1H3. The summed E-state index contributed by atoms with van der Waals surface area (Å²) in [6, 6.07) is 16.1. The molecule has 1 unspecified atom stereocenters. The van der Waals surface area contributed by atoms with Gasteiger partial charge >= 0.3 is 0 Å². The van der Waals surface area contributed by atoms with Crippen LogP contribution < -0.4 is 0 Å². The van der Waals surface area contributed by atoms with Crippen LogP contribution in [0.1, 0.15) is 35.6 Å². The highest BCUT2D eigenvalue weighted by atomic mass is 35.5. The summed E-state index contributed by atoms with van der Waals surface area (Å²) in [6.07, 6.45) is 2.30. The highest BCUT2D eigenvalue weighted by Crippen LogP contribution is 2.24. The third-order valence-electron chi connectivity index (χ3n) is 3.37. The third kappa shape index (κ3) is 4.09. The third-order valence-corrected chi connectivity index (χ3v) is 3.77. The molecule has 100 valence electrons. The molecule has 0 heterocycles. The number of aliphatic hydroxyl groups is 1. The van der Waals surface area contributed by atoms with Crippen LogP contribution in [0, 0.1) is 6.92 Å². The van der Waals surface area contributed by atoms with Crippen LogP contribution in [0.15, 0.2) is 48.5 Å². The average molecular weight is 275 g/mol. The summed E-state index contributed by atoms with van der Waals surface area (Å²) < 4.78 is 0. The van der Waals surface area contributed by atoms with Gasteiger partial charge in [-0.15, -0.1) is 0 Å². The number of benzene rings is 2.